The largest absolute Gasteiger partial charge is 0.506 e. The smallest absolute Gasteiger partial charge is 0.336 e. The average Bonchev–Trinajstić information content (AvgIpc) is 2.46. The lowest BCUT2D eigenvalue weighted by molar-refractivity contribution is 0.0696. The van der Waals surface area contributed by atoms with Crippen molar-refractivity contribution in [3.05, 3.63) is 26.6 Å². The van der Waals surface area contributed by atoms with Crippen molar-refractivity contribution < 1.29 is 15.0 Å². The second-order valence-electron chi connectivity index (χ2n) is 2.75. The van der Waals surface area contributed by atoms with E-state index in [4.69, 9.17) is 5.11 Å². The fraction of sp³-hybridized carbons (Fsp3) is 0. The molecule has 14 heavy (non-hydrogen) atoms. The minimum absolute atomic E-state index is 0.208. The molecule has 2 rings (SSSR count). The number of hydrogen-bond acceptors (Lipinski definition) is 3. The highest BCUT2D eigenvalue weighted by molar-refractivity contribution is 14.1. The number of rotatable bonds is 1. The molecule has 72 valence electrons. The topological polar surface area (TPSA) is 57.5 Å². The highest BCUT2D eigenvalue weighted by atomic mass is 127. The van der Waals surface area contributed by atoms with Crippen LogP contribution in [0.15, 0.2) is 17.5 Å². The maximum atomic E-state index is 10.8. The number of fused-ring (bicyclic) bond motifs is 1. The first-order valence-electron chi connectivity index (χ1n) is 3.72. The Morgan fingerprint density at radius 3 is 2.79 bits per heavy atom. The van der Waals surface area contributed by atoms with Crippen LogP contribution in [0.4, 0.5) is 0 Å². The molecule has 0 amide bonds. The Balaban J connectivity index is 2.79. The molecule has 0 saturated heterocycles. The van der Waals surface area contributed by atoms with Gasteiger partial charge in [-0.25, -0.2) is 4.79 Å². The summed E-state index contributed by atoms with van der Waals surface area (Å²) in [7, 11) is 0. The van der Waals surface area contributed by atoms with Crippen LogP contribution >= 0.6 is 33.9 Å². The van der Waals surface area contributed by atoms with Crippen LogP contribution in [0, 0.1) is 3.57 Å². The molecule has 1 aromatic carbocycles. The van der Waals surface area contributed by atoms with Crippen molar-refractivity contribution in [2.45, 2.75) is 0 Å². The second kappa shape index (κ2) is 3.39. The highest BCUT2D eigenvalue weighted by Gasteiger charge is 2.12. The van der Waals surface area contributed by atoms with E-state index in [1.54, 1.807) is 17.5 Å². The minimum Gasteiger partial charge on any atom is -0.506 e. The van der Waals surface area contributed by atoms with E-state index in [-0.39, 0.29) is 11.3 Å². The van der Waals surface area contributed by atoms with E-state index >= 15 is 0 Å². The average molecular weight is 320 g/mol. The maximum Gasteiger partial charge on any atom is 0.336 e. The summed E-state index contributed by atoms with van der Waals surface area (Å²) in [6.07, 6.45) is 0. The predicted molar refractivity (Wildman–Crippen MR) is 63.2 cm³/mol. The van der Waals surface area contributed by atoms with E-state index < -0.39 is 5.97 Å². The molecule has 0 unspecified atom stereocenters. The Kier molecular flexibility index (Phi) is 2.36. The molecule has 0 aliphatic rings. The lowest BCUT2D eigenvalue weighted by Gasteiger charge is -1.99. The van der Waals surface area contributed by atoms with Gasteiger partial charge in [-0.05, 0) is 34.7 Å². The SMILES string of the molecule is O=C(O)c1cc2scc(O)c2cc1I. The summed E-state index contributed by atoms with van der Waals surface area (Å²) >= 11 is 3.29. The molecule has 0 saturated carbocycles. The molecule has 0 aliphatic carbocycles. The van der Waals surface area contributed by atoms with Crippen LogP contribution in [-0.4, -0.2) is 16.2 Å². The predicted octanol–water partition coefficient (Wildman–Crippen LogP) is 2.91. The van der Waals surface area contributed by atoms with Gasteiger partial charge < -0.3 is 10.2 Å². The van der Waals surface area contributed by atoms with Crippen molar-refractivity contribution in [1.82, 2.24) is 0 Å². The van der Waals surface area contributed by atoms with Crippen molar-refractivity contribution in [3.63, 3.8) is 0 Å². The van der Waals surface area contributed by atoms with E-state index in [1.807, 2.05) is 22.6 Å². The highest BCUT2D eigenvalue weighted by Crippen LogP contribution is 2.33. The van der Waals surface area contributed by atoms with Gasteiger partial charge in [0.2, 0.25) is 0 Å². The number of carbonyl (C=O) groups is 1. The molecule has 0 aliphatic heterocycles. The number of hydrogen-bond donors (Lipinski definition) is 2. The number of halogens is 1. The zero-order valence-electron chi connectivity index (χ0n) is 6.82. The van der Waals surface area contributed by atoms with Crippen molar-refractivity contribution in [2.24, 2.45) is 0 Å². The third-order valence-electron chi connectivity index (χ3n) is 1.87. The molecular weight excluding hydrogens is 315 g/mol. The zero-order chi connectivity index (χ0) is 10.3. The van der Waals surface area contributed by atoms with Gasteiger partial charge in [0.25, 0.3) is 0 Å². The Morgan fingerprint density at radius 2 is 2.14 bits per heavy atom. The Labute approximate surface area is 97.1 Å². The number of carboxylic acids is 1. The monoisotopic (exact) mass is 320 g/mol. The van der Waals surface area contributed by atoms with E-state index in [2.05, 4.69) is 0 Å². The molecule has 1 heterocycles. The molecule has 0 spiro atoms. The van der Waals surface area contributed by atoms with Gasteiger partial charge in [0.05, 0.1) is 5.56 Å². The lowest BCUT2D eigenvalue weighted by Crippen LogP contribution is -1.98. The van der Waals surface area contributed by atoms with E-state index in [0.29, 0.717) is 8.96 Å². The van der Waals surface area contributed by atoms with Crippen LogP contribution < -0.4 is 0 Å². The van der Waals surface area contributed by atoms with E-state index in [9.17, 15) is 9.90 Å². The number of aromatic hydroxyl groups is 1. The number of aromatic carboxylic acids is 1. The van der Waals surface area contributed by atoms with Gasteiger partial charge in [0.1, 0.15) is 5.75 Å². The Hall–Kier alpha value is -0.820. The van der Waals surface area contributed by atoms with Gasteiger partial charge in [-0.1, -0.05) is 0 Å². The van der Waals surface area contributed by atoms with Crippen LogP contribution in [-0.2, 0) is 0 Å². The fourth-order valence-electron chi connectivity index (χ4n) is 1.20. The summed E-state index contributed by atoms with van der Waals surface area (Å²) < 4.78 is 1.43. The summed E-state index contributed by atoms with van der Waals surface area (Å²) in [5, 5.41) is 20.6. The molecule has 0 bridgehead atoms. The van der Waals surface area contributed by atoms with Crippen LogP contribution in [0.25, 0.3) is 10.1 Å². The second-order valence-corrected chi connectivity index (χ2v) is 4.83. The molecule has 0 atom stereocenters. The van der Waals surface area contributed by atoms with Gasteiger partial charge in [-0.15, -0.1) is 11.3 Å². The molecule has 1 aromatic heterocycles. The minimum atomic E-state index is -0.941. The third kappa shape index (κ3) is 1.46. The molecule has 2 N–H and O–H groups in total. The first-order valence-corrected chi connectivity index (χ1v) is 5.68. The molecule has 2 aromatic rings. The van der Waals surface area contributed by atoms with Crippen molar-refractivity contribution in [2.75, 3.05) is 0 Å². The summed E-state index contributed by atoms with van der Waals surface area (Å²) in [5.74, 6) is -0.732. The zero-order valence-corrected chi connectivity index (χ0v) is 9.79. The molecule has 0 fully saturated rings. The van der Waals surface area contributed by atoms with Gasteiger partial charge in [-0.2, -0.15) is 0 Å². The first-order chi connectivity index (χ1) is 6.59. The van der Waals surface area contributed by atoms with Gasteiger partial charge in [0.15, 0.2) is 0 Å². The Bertz CT molecular complexity index is 518. The summed E-state index contributed by atoms with van der Waals surface area (Å²) in [6.45, 7) is 0. The standard InChI is InChI=1S/C9H5IO3S/c10-6-1-5-7(11)3-14-8(5)2-4(6)9(12)13/h1-3,11H,(H,12,13). The first kappa shape index (κ1) is 9.72. The maximum absolute atomic E-state index is 10.8. The summed E-state index contributed by atoms with van der Waals surface area (Å²) in [4.78, 5) is 10.8. The molecular formula is C9H5IO3S. The summed E-state index contributed by atoms with van der Waals surface area (Å²) in [6, 6.07) is 3.27. The molecule has 5 heteroatoms. The Morgan fingerprint density at radius 1 is 1.43 bits per heavy atom. The van der Waals surface area contributed by atoms with E-state index in [0.717, 1.165) is 4.70 Å². The number of benzene rings is 1. The number of thiophene rings is 1. The van der Waals surface area contributed by atoms with Gasteiger partial charge in [-0.3, -0.25) is 0 Å². The molecule has 0 radical (unpaired) electrons. The van der Waals surface area contributed by atoms with Gasteiger partial charge >= 0.3 is 5.97 Å². The van der Waals surface area contributed by atoms with E-state index in [1.165, 1.54) is 11.3 Å². The number of carboxylic acid groups (broad SMARTS) is 1. The third-order valence-corrected chi connectivity index (χ3v) is 3.70. The van der Waals surface area contributed by atoms with Crippen molar-refractivity contribution in [1.29, 1.82) is 0 Å². The lowest BCUT2D eigenvalue weighted by atomic mass is 10.2. The van der Waals surface area contributed by atoms with Crippen LogP contribution in [0.3, 0.4) is 0 Å². The summed E-state index contributed by atoms with van der Waals surface area (Å²) in [5.41, 5.74) is 0.278. The van der Waals surface area contributed by atoms with Crippen molar-refractivity contribution in [3.8, 4) is 5.75 Å². The normalized spacial score (nSPS) is 10.6. The van der Waals surface area contributed by atoms with Crippen molar-refractivity contribution >= 4 is 50.0 Å². The van der Waals surface area contributed by atoms with Crippen LogP contribution in [0.2, 0.25) is 0 Å². The quantitative estimate of drug-likeness (QED) is 0.795. The fourth-order valence-corrected chi connectivity index (χ4v) is 2.74. The molecule has 3 nitrogen and oxygen atoms in total. The van der Waals surface area contributed by atoms with Crippen LogP contribution in [0.5, 0.6) is 5.75 Å². The van der Waals surface area contributed by atoms with Gasteiger partial charge in [0, 0.05) is 19.0 Å². The van der Waals surface area contributed by atoms with Crippen LogP contribution in [0.1, 0.15) is 10.4 Å².